The zero-order valence-corrected chi connectivity index (χ0v) is 12.5. The maximum Gasteiger partial charge on any atom is 0.323 e. The van der Waals surface area contributed by atoms with Crippen LogP contribution in [-0.2, 0) is 4.79 Å². The van der Waals surface area contributed by atoms with E-state index in [0.717, 1.165) is 5.56 Å². The van der Waals surface area contributed by atoms with Gasteiger partial charge < -0.3 is 14.4 Å². The van der Waals surface area contributed by atoms with Crippen molar-refractivity contribution in [1.82, 2.24) is 9.88 Å². The first-order chi connectivity index (χ1) is 10.5. The van der Waals surface area contributed by atoms with Crippen molar-refractivity contribution >= 4 is 11.9 Å². The topological polar surface area (TPSA) is 83.6 Å². The molecule has 0 saturated heterocycles. The predicted octanol–water partition coefficient (Wildman–Crippen LogP) is 2.67. The number of benzene rings is 1. The molecule has 2 rings (SSSR count). The summed E-state index contributed by atoms with van der Waals surface area (Å²) in [5, 5.41) is 8.97. The standard InChI is InChI=1S/C16H18N2O4/c1-3-11(2)18(9-14(19)20)16(21)13-10-22-15(17-13)12-7-5-4-6-8-12/h4-8,10-11H,3,9H2,1-2H3,(H,19,20). The molecule has 0 spiro atoms. The van der Waals surface area contributed by atoms with Crippen molar-refractivity contribution < 1.29 is 19.1 Å². The van der Waals surface area contributed by atoms with Crippen molar-refractivity contribution in [3.63, 3.8) is 0 Å². The number of carboxylic acid groups (broad SMARTS) is 1. The highest BCUT2D eigenvalue weighted by atomic mass is 16.4. The van der Waals surface area contributed by atoms with E-state index in [4.69, 9.17) is 9.52 Å². The predicted molar refractivity (Wildman–Crippen MR) is 80.4 cm³/mol. The van der Waals surface area contributed by atoms with Gasteiger partial charge in [0.1, 0.15) is 12.8 Å². The Labute approximate surface area is 128 Å². The second kappa shape index (κ2) is 6.89. The van der Waals surface area contributed by atoms with Gasteiger partial charge in [-0.2, -0.15) is 0 Å². The number of carbonyl (C=O) groups is 2. The minimum atomic E-state index is -1.06. The van der Waals surface area contributed by atoms with Crippen LogP contribution < -0.4 is 0 Å². The van der Waals surface area contributed by atoms with Crippen molar-refractivity contribution in [2.75, 3.05) is 6.54 Å². The number of hydrogen-bond acceptors (Lipinski definition) is 4. The van der Waals surface area contributed by atoms with Gasteiger partial charge in [0.05, 0.1) is 0 Å². The summed E-state index contributed by atoms with van der Waals surface area (Å²) < 4.78 is 5.33. The van der Waals surface area contributed by atoms with E-state index in [2.05, 4.69) is 4.98 Å². The summed E-state index contributed by atoms with van der Waals surface area (Å²) in [6, 6.07) is 9.01. The van der Waals surface area contributed by atoms with E-state index in [0.29, 0.717) is 12.3 Å². The maximum atomic E-state index is 12.5. The van der Waals surface area contributed by atoms with E-state index in [1.54, 1.807) is 6.92 Å². The molecule has 1 heterocycles. The molecule has 6 heteroatoms. The summed E-state index contributed by atoms with van der Waals surface area (Å²) >= 11 is 0. The van der Waals surface area contributed by atoms with Gasteiger partial charge in [0.25, 0.3) is 5.91 Å². The first kappa shape index (κ1) is 15.8. The molecule has 2 aromatic rings. The number of hydrogen-bond donors (Lipinski definition) is 1. The SMILES string of the molecule is CCC(C)N(CC(=O)O)C(=O)c1coc(-c2ccccc2)n1. The van der Waals surface area contributed by atoms with Crippen molar-refractivity contribution in [2.24, 2.45) is 0 Å². The Morgan fingerprint density at radius 2 is 2.00 bits per heavy atom. The number of aliphatic carboxylic acids is 1. The van der Waals surface area contributed by atoms with Gasteiger partial charge in [-0.15, -0.1) is 0 Å². The van der Waals surface area contributed by atoms with E-state index < -0.39 is 11.9 Å². The molecule has 0 aliphatic rings. The fourth-order valence-corrected chi connectivity index (χ4v) is 2.03. The summed E-state index contributed by atoms with van der Waals surface area (Å²) in [6.07, 6.45) is 1.92. The quantitative estimate of drug-likeness (QED) is 0.887. The number of carboxylic acids is 1. The molecule has 0 bridgehead atoms. The van der Waals surface area contributed by atoms with Gasteiger partial charge >= 0.3 is 5.97 Å². The molecule has 1 unspecified atom stereocenters. The molecule has 1 aromatic carbocycles. The molecule has 116 valence electrons. The number of carbonyl (C=O) groups excluding carboxylic acids is 1. The van der Waals surface area contributed by atoms with E-state index in [9.17, 15) is 9.59 Å². The molecule has 1 amide bonds. The largest absolute Gasteiger partial charge is 0.480 e. The van der Waals surface area contributed by atoms with Crippen LogP contribution in [0, 0.1) is 0 Å². The Morgan fingerprint density at radius 1 is 1.32 bits per heavy atom. The average molecular weight is 302 g/mol. The lowest BCUT2D eigenvalue weighted by molar-refractivity contribution is -0.138. The number of nitrogens with zero attached hydrogens (tertiary/aromatic N) is 2. The summed E-state index contributed by atoms with van der Waals surface area (Å²) in [5.74, 6) is -1.16. The molecular weight excluding hydrogens is 284 g/mol. The van der Waals surface area contributed by atoms with Crippen molar-refractivity contribution in [1.29, 1.82) is 0 Å². The van der Waals surface area contributed by atoms with Gasteiger partial charge in [-0.05, 0) is 25.5 Å². The monoisotopic (exact) mass is 302 g/mol. The van der Waals surface area contributed by atoms with Crippen LogP contribution in [0.25, 0.3) is 11.5 Å². The van der Waals surface area contributed by atoms with Gasteiger partial charge in [-0.3, -0.25) is 9.59 Å². The molecule has 22 heavy (non-hydrogen) atoms. The Balaban J connectivity index is 2.24. The number of oxazole rings is 1. The number of aromatic nitrogens is 1. The molecule has 1 aromatic heterocycles. The Hall–Kier alpha value is -2.63. The summed E-state index contributed by atoms with van der Waals surface area (Å²) in [5.41, 5.74) is 0.871. The van der Waals surface area contributed by atoms with E-state index in [1.165, 1.54) is 11.2 Å². The number of amides is 1. The van der Waals surface area contributed by atoms with E-state index >= 15 is 0 Å². The van der Waals surface area contributed by atoms with E-state index in [1.807, 2.05) is 37.3 Å². The van der Waals surface area contributed by atoms with Crippen molar-refractivity contribution in [2.45, 2.75) is 26.3 Å². The lowest BCUT2D eigenvalue weighted by Gasteiger charge is -2.25. The first-order valence-electron chi connectivity index (χ1n) is 7.06. The zero-order valence-electron chi connectivity index (χ0n) is 12.5. The molecule has 1 atom stereocenters. The van der Waals surface area contributed by atoms with E-state index in [-0.39, 0.29) is 18.3 Å². The van der Waals surface area contributed by atoms with Crippen LogP contribution in [0.15, 0.2) is 41.0 Å². The Morgan fingerprint density at radius 3 is 2.59 bits per heavy atom. The molecule has 0 saturated carbocycles. The highest BCUT2D eigenvalue weighted by molar-refractivity contribution is 5.94. The van der Waals surface area contributed by atoms with Gasteiger partial charge in [0, 0.05) is 11.6 Å². The molecule has 1 N–H and O–H groups in total. The molecule has 6 nitrogen and oxygen atoms in total. The summed E-state index contributed by atoms with van der Waals surface area (Å²) in [4.78, 5) is 28.9. The lowest BCUT2D eigenvalue weighted by atomic mass is 10.2. The third-order valence-electron chi connectivity index (χ3n) is 3.43. The first-order valence-corrected chi connectivity index (χ1v) is 7.06. The van der Waals surface area contributed by atoms with Crippen molar-refractivity contribution in [3.05, 3.63) is 42.3 Å². The summed E-state index contributed by atoms with van der Waals surface area (Å²) in [7, 11) is 0. The third-order valence-corrected chi connectivity index (χ3v) is 3.43. The normalized spacial score (nSPS) is 11.9. The van der Waals surface area contributed by atoms with Crippen LogP contribution in [0.3, 0.4) is 0 Å². The zero-order chi connectivity index (χ0) is 16.1. The van der Waals surface area contributed by atoms with Crippen LogP contribution in [0.5, 0.6) is 0 Å². The highest BCUT2D eigenvalue weighted by Gasteiger charge is 2.25. The van der Waals surface area contributed by atoms with Gasteiger partial charge in [-0.1, -0.05) is 25.1 Å². The minimum absolute atomic E-state index is 0.111. The van der Waals surface area contributed by atoms with Crippen LogP contribution in [-0.4, -0.2) is 39.5 Å². The molecule has 0 aliphatic carbocycles. The summed E-state index contributed by atoms with van der Waals surface area (Å²) in [6.45, 7) is 3.34. The molecule has 0 aliphatic heterocycles. The average Bonchev–Trinajstić information content (AvgIpc) is 3.02. The minimum Gasteiger partial charge on any atom is -0.480 e. The smallest absolute Gasteiger partial charge is 0.323 e. The Kier molecular flexibility index (Phi) is 4.93. The maximum absolute atomic E-state index is 12.5. The van der Waals surface area contributed by atoms with Crippen LogP contribution in [0.2, 0.25) is 0 Å². The lowest BCUT2D eigenvalue weighted by Crippen LogP contribution is -2.42. The van der Waals surface area contributed by atoms with Crippen LogP contribution in [0.4, 0.5) is 0 Å². The Bertz CT molecular complexity index is 651. The fourth-order valence-electron chi connectivity index (χ4n) is 2.03. The second-order valence-electron chi connectivity index (χ2n) is 4.99. The third kappa shape index (κ3) is 3.52. The fraction of sp³-hybridized carbons (Fsp3) is 0.312. The van der Waals surface area contributed by atoms with Crippen molar-refractivity contribution in [3.8, 4) is 11.5 Å². The van der Waals surface area contributed by atoms with Gasteiger partial charge in [0.15, 0.2) is 5.69 Å². The van der Waals surface area contributed by atoms with Crippen LogP contribution in [0.1, 0.15) is 30.8 Å². The molecule has 0 fully saturated rings. The highest BCUT2D eigenvalue weighted by Crippen LogP contribution is 2.19. The van der Waals surface area contributed by atoms with Gasteiger partial charge in [0.2, 0.25) is 5.89 Å². The second-order valence-corrected chi connectivity index (χ2v) is 4.99. The molecular formula is C16H18N2O4. The van der Waals surface area contributed by atoms with Crippen LogP contribution >= 0.6 is 0 Å². The number of rotatable bonds is 6. The molecule has 0 radical (unpaired) electrons. The van der Waals surface area contributed by atoms with Gasteiger partial charge in [-0.25, -0.2) is 4.98 Å².